The maximum Gasteiger partial charge on any atom is 0.269 e. The molecule has 0 bridgehead atoms. The van der Waals surface area contributed by atoms with Gasteiger partial charge in [-0.05, 0) is 42.7 Å². The minimum atomic E-state index is -0.939. The van der Waals surface area contributed by atoms with E-state index in [0.717, 1.165) is 25.0 Å². The lowest BCUT2D eigenvalue weighted by Crippen LogP contribution is -2.25. The summed E-state index contributed by atoms with van der Waals surface area (Å²) >= 11 is 0. The Labute approximate surface area is 156 Å². The molecular formula is C21H19F2N3O. The smallest absolute Gasteiger partial charge is 0.269 e. The van der Waals surface area contributed by atoms with Crippen LogP contribution in [0.3, 0.4) is 0 Å². The van der Waals surface area contributed by atoms with Crippen molar-refractivity contribution in [3.8, 4) is 0 Å². The van der Waals surface area contributed by atoms with Crippen LogP contribution in [0.2, 0.25) is 0 Å². The second-order valence-corrected chi connectivity index (χ2v) is 6.03. The molecule has 0 aliphatic heterocycles. The summed E-state index contributed by atoms with van der Waals surface area (Å²) in [6.07, 6.45) is 3.19. The lowest BCUT2D eigenvalue weighted by atomic mass is 10.1. The van der Waals surface area contributed by atoms with Gasteiger partial charge in [-0.15, -0.1) is 0 Å². The highest BCUT2D eigenvalue weighted by Gasteiger charge is 2.08. The summed E-state index contributed by atoms with van der Waals surface area (Å²) in [6, 6.07) is 16.8. The van der Waals surface area contributed by atoms with Gasteiger partial charge >= 0.3 is 0 Å². The van der Waals surface area contributed by atoms with E-state index >= 15 is 0 Å². The number of aromatic nitrogens is 1. The number of rotatable bonds is 7. The fourth-order valence-electron chi connectivity index (χ4n) is 2.60. The van der Waals surface area contributed by atoms with Crippen LogP contribution < -0.4 is 10.6 Å². The van der Waals surface area contributed by atoms with Crippen molar-refractivity contribution in [2.24, 2.45) is 0 Å². The van der Waals surface area contributed by atoms with Gasteiger partial charge in [0, 0.05) is 30.2 Å². The minimum Gasteiger partial charge on any atom is -0.355 e. The zero-order valence-corrected chi connectivity index (χ0v) is 14.6. The lowest BCUT2D eigenvalue weighted by Gasteiger charge is -2.09. The lowest BCUT2D eigenvalue weighted by molar-refractivity contribution is 0.0948. The number of benzene rings is 2. The van der Waals surface area contributed by atoms with Crippen LogP contribution >= 0.6 is 0 Å². The Bertz CT molecular complexity index is 916. The molecule has 0 spiro atoms. The van der Waals surface area contributed by atoms with Crippen LogP contribution in [0.25, 0.3) is 0 Å². The fraction of sp³-hybridized carbons (Fsp3) is 0.143. The molecule has 0 aliphatic carbocycles. The highest BCUT2D eigenvalue weighted by atomic mass is 19.2. The molecule has 2 aromatic carbocycles. The third-order valence-corrected chi connectivity index (χ3v) is 3.97. The normalized spacial score (nSPS) is 10.4. The first-order chi connectivity index (χ1) is 13.1. The number of hydrogen-bond donors (Lipinski definition) is 2. The first-order valence-electron chi connectivity index (χ1n) is 8.62. The standard InChI is InChI=1S/C21H19F2N3O/c22-18-9-8-16(13-19(18)23)26-17-10-12-24-20(14-17)21(27)25-11-4-7-15-5-2-1-3-6-15/h1-3,5-6,8-10,12-14H,4,7,11H2,(H,24,26)(H,25,27). The zero-order valence-electron chi connectivity index (χ0n) is 14.6. The topological polar surface area (TPSA) is 54.0 Å². The van der Waals surface area contributed by atoms with Crippen molar-refractivity contribution in [1.29, 1.82) is 0 Å². The van der Waals surface area contributed by atoms with Gasteiger partial charge in [-0.25, -0.2) is 8.78 Å². The molecule has 1 aromatic heterocycles. The zero-order chi connectivity index (χ0) is 19.1. The Balaban J connectivity index is 1.54. The largest absolute Gasteiger partial charge is 0.355 e. The number of aryl methyl sites for hydroxylation is 1. The number of nitrogens with one attached hydrogen (secondary N) is 2. The predicted molar refractivity (Wildman–Crippen MR) is 101 cm³/mol. The van der Waals surface area contributed by atoms with Crippen molar-refractivity contribution >= 4 is 17.3 Å². The maximum atomic E-state index is 13.3. The van der Waals surface area contributed by atoms with E-state index in [1.165, 1.54) is 17.8 Å². The number of carbonyl (C=O) groups excluding carboxylic acids is 1. The van der Waals surface area contributed by atoms with Crippen LogP contribution in [0.15, 0.2) is 66.9 Å². The van der Waals surface area contributed by atoms with E-state index in [0.29, 0.717) is 17.9 Å². The summed E-state index contributed by atoms with van der Waals surface area (Å²) < 4.78 is 26.3. The van der Waals surface area contributed by atoms with Crippen LogP contribution in [-0.4, -0.2) is 17.4 Å². The van der Waals surface area contributed by atoms with E-state index in [2.05, 4.69) is 27.8 Å². The summed E-state index contributed by atoms with van der Waals surface area (Å²) in [5, 5.41) is 5.77. The molecule has 1 amide bonds. The van der Waals surface area contributed by atoms with Crippen LogP contribution in [0.5, 0.6) is 0 Å². The average molecular weight is 367 g/mol. The molecule has 1 heterocycles. The number of nitrogens with zero attached hydrogens (tertiary/aromatic N) is 1. The SMILES string of the molecule is O=C(NCCCc1ccccc1)c1cc(Nc2ccc(F)c(F)c2)ccn1. The molecule has 0 saturated carbocycles. The third-order valence-electron chi connectivity index (χ3n) is 3.97. The van der Waals surface area contributed by atoms with Gasteiger partial charge in [0.25, 0.3) is 5.91 Å². The van der Waals surface area contributed by atoms with Gasteiger partial charge in [-0.3, -0.25) is 9.78 Å². The summed E-state index contributed by atoms with van der Waals surface area (Å²) in [7, 11) is 0. The molecule has 0 fully saturated rings. The number of anilines is 2. The van der Waals surface area contributed by atoms with Gasteiger partial charge < -0.3 is 10.6 Å². The van der Waals surface area contributed by atoms with Gasteiger partial charge in [0.1, 0.15) is 5.69 Å². The monoisotopic (exact) mass is 367 g/mol. The minimum absolute atomic E-state index is 0.252. The summed E-state index contributed by atoms with van der Waals surface area (Å²) in [4.78, 5) is 16.3. The first-order valence-corrected chi connectivity index (χ1v) is 8.62. The Morgan fingerprint density at radius 1 is 0.926 bits per heavy atom. The van der Waals surface area contributed by atoms with Crippen LogP contribution in [0, 0.1) is 11.6 Å². The molecular weight excluding hydrogens is 348 g/mol. The Kier molecular flexibility index (Phi) is 6.10. The van der Waals surface area contributed by atoms with E-state index < -0.39 is 11.6 Å². The number of halogens is 2. The van der Waals surface area contributed by atoms with E-state index in [-0.39, 0.29) is 11.6 Å². The number of amides is 1. The predicted octanol–water partition coefficient (Wildman–Crippen LogP) is 4.47. The number of hydrogen-bond acceptors (Lipinski definition) is 3. The second kappa shape index (κ2) is 8.89. The van der Waals surface area contributed by atoms with E-state index in [1.54, 1.807) is 12.1 Å². The van der Waals surface area contributed by atoms with Crippen molar-refractivity contribution in [3.63, 3.8) is 0 Å². The Morgan fingerprint density at radius 3 is 2.48 bits per heavy atom. The molecule has 3 rings (SSSR count). The van der Waals surface area contributed by atoms with E-state index in [4.69, 9.17) is 0 Å². The van der Waals surface area contributed by atoms with Crippen molar-refractivity contribution in [1.82, 2.24) is 10.3 Å². The molecule has 0 saturated heterocycles. The van der Waals surface area contributed by atoms with Crippen molar-refractivity contribution in [2.45, 2.75) is 12.8 Å². The third kappa shape index (κ3) is 5.34. The first kappa shape index (κ1) is 18.5. The summed E-state index contributed by atoms with van der Waals surface area (Å²) in [6.45, 7) is 0.538. The molecule has 27 heavy (non-hydrogen) atoms. The molecule has 6 heteroatoms. The Morgan fingerprint density at radius 2 is 1.70 bits per heavy atom. The molecule has 0 radical (unpaired) electrons. The maximum absolute atomic E-state index is 13.3. The van der Waals surface area contributed by atoms with Gasteiger partial charge in [-0.1, -0.05) is 30.3 Å². The van der Waals surface area contributed by atoms with E-state index in [1.807, 2.05) is 18.2 Å². The van der Waals surface area contributed by atoms with Gasteiger partial charge in [0.15, 0.2) is 11.6 Å². The molecule has 0 atom stereocenters. The number of carbonyl (C=O) groups is 1. The van der Waals surface area contributed by atoms with Crippen molar-refractivity contribution in [3.05, 3.63) is 89.8 Å². The van der Waals surface area contributed by atoms with Gasteiger partial charge in [0.05, 0.1) is 0 Å². The molecule has 4 nitrogen and oxygen atoms in total. The molecule has 0 aliphatic rings. The molecule has 138 valence electrons. The summed E-state index contributed by atoms with van der Waals surface area (Å²) in [5.74, 6) is -2.13. The van der Waals surface area contributed by atoms with Crippen molar-refractivity contribution < 1.29 is 13.6 Å². The molecule has 2 N–H and O–H groups in total. The quantitative estimate of drug-likeness (QED) is 0.606. The highest BCUT2D eigenvalue weighted by Crippen LogP contribution is 2.19. The molecule has 3 aromatic rings. The summed E-state index contributed by atoms with van der Waals surface area (Å²) in [5.41, 5.74) is 2.42. The van der Waals surface area contributed by atoms with Crippen LogP contribution in [0.4, 0.5) is 20.2 Å². The Hall–Kier alpha value is -3.28. The highest BCUT2D eigenvalue weighted by molar-refractivity contribution is 5.93. The van der Waals surface area contributed by atoms with Crippen LogP contribution in [0.1, 0.15) is 22.5 Å². The average Bonchev–Trinajstić information content (AvgIpc) is 2.69. The van der Waals surface area contributed by atoms with Gasteiger partial charge in [0.2, 0.25) is 0 Å². The molecule has 0 unspecified atom stereocenters. The van der Waals surface area contributed by atoms with E-state index in [9.17, 15) is 13.6 Å². The fourth-order valence-corrected chi connectivity index (χ4v) is 2.60. The van der Waals surface area contributed by atoms with Crippen molar-refractivity contribution in [2.75, 3.05) is 11.9 Å². The number of pyridine rings is 1. The van der Waals surface area contributed by atoms with Gasteiger partial charge in [-0.2, -0.15) is 0 Å². The van der Waals surface area contributed by atoms with Crippen LogP contribution in [-0.2, 0) is 6.42 Å². The second-order valence-electron chi connectivity index (χ2n) is 6.03.